The normalized spacial score (nSPS) is 12.0. The van der Waals surface area contributed by atoms with Gasteiger partial charge in [-0.05, 0) is 32.0 Å². The number of anilines is 1. The minimum absolute atomic E-state index is 0.242. The van der Waals surface area contributed by atoms with Crippen molar-refractivity contribution in [1.82, 2.24) is 19.9 Å². The third-order valence-corrected chi connectivity index (χ3v) is 3.41. The van der Waals surface area contributed by atoms with Gasteiger partial charge in [0, 0.05) is 41.5 Å². The molecule has 116 valence electrons. The zero-order valence-electron chi connectivity index (χ0n) is 12.9. The SMILES string of the molecule is Cc1cc(NC(C)c2ccncc2F)nc(-c2cccnc2)n1. The summed E-state index contributed by atoms with van der Waals surface area (Å²) in [4.78, 5) is 16.8. The lowest BCUT2D eigenvalue weighted by Crippen LogP contribution is -2.11. The van der Waals surface area contributed by atoms with Crippen LogP contribution in [-0.2, 0) is 0 Å². The summed E-state index contributed by atoms with van der Waals surface area (Å²) in [6.07, 6.45) is 6.19. The molecule has 3 heterocycles. The summed E-state index contributed by atoms with van der Waals surface area (Å²) in [6.45, 7) is 3.77. The van der Waals surface area contributed by atoms with Gasteiger partial charge in [0.15, 0.2) is 5.82 Å². The van der Waals surface area contributed by atoms with E-state index in [0.29, 0.717) is 17.2 Å². The van der Waals surface area contributed by atoms with Crippen LogP contribution in [0.25, 0.3) is 11.4 Å². The smallest absolute Gasteiger partial charge is 0.163 e. The van der Waals surface area contributed by atoms with E-state index in [0.717, 1.165) is 11.3 Å². The number of halogens is 1. The lowest BCUT2D eigenvalue weighted by molar-refractivity contribution is 0.593. The lowest BCUT2D eigenvalue weighted by atomic mass is 10.1. The monoisotopic (exact) mass is 309 g/mol. The molecular weight excluding hydrogens is 293 g/mol. The molecule has 0 aliphatic heterocycles. The largest absolute Gasteiger partial charge is 0.363 e. The minimum atomic E-state index is -0.342. The van der Waals surface area contributed by atoms with Crippen molar-refractivity contribution in [3.8, 4) is 11.4 Å². The van der Waals surface area contributed by atoms with E-state index in [1.807, 2.05) is 32.0 Å². The van der Waals surface area contributed by atoms with Crippen LogP contribution in [-0.4, -0.2) is 19.9 Å². The highest BCUT2D eigenvalue weighted by Crippen LogP contribution is 2.22. The molecule has 0 aromatic carbocycles. The summed E-state index contributed by atoms with van der Waals surface area (Å²) < 4.78 is 13.8. The van der Waals surface area contributed by atoms with Crippen LogP contribution in [0.3, 0.4) is 0 Å². The molecule has 0 amide bonds. The Morgan fingerprint density at radius 2 is 1.91 bits per heavy atom. The number of rotatable bonds is 4. The molecule has 6 heteroatoms. The number of aryl methyl sites for hydroxylation is 1. The molecule has 3 aromatic heterocycles. The van der Waals surface area contributed by atoms with Crippen LogP contribution in [0.2, 0.25) is 0 Å². The van der Waals surface area contributed by atoms with E-state index in [-0.39, 0.29) is 11.9 Å². The van der Waals surface area contributed by atoms with E-state index in [4.69, 9.17) is 0 Å². The topological polar surface area (TPSA) is 63.6 Å². The van der Waals surface area contributed by atoms with Crippen LogP contribution in [0, 0.1) is 12.7 Å². The van der Waals surface area contributed by atoms with Gasteiger partial charge < -0.3 is 5.32 Å². The summed E-state index contributed by atoms with van der Waals surface area (Å²) in [7, 11) is 0. The Hall–Kier alpha value is -2.89. The quantitative estimate of drug-likeness (QED) is 0.798. The van der Waals surface area contributed by atoms with Crippen molar-refractivity contribution in [2.75, 3.05) is 5.32 Å². The fourth-order valence-corrected chi connectivity index (χ4v) is 2.30. The van der Waals surface area contributed by atoms with Crippen molar-refractivity contribution in [2.45, 2.75) is 19.9 Å². The third kappa shape index (κ3) is 3.48. The predicted molar refractivity (Wildman–Crippen MR) is 86.2 cm³/mol. The molecule has 5 nitrogen and oxygen atoms in total. The molecule has 0 radical (unpaired) electrons. The van der Waals surface area contributed by atoms with Crippen molar-refractivity contribution in [2.24, 2.45) is 0 Å². The van der Waals surface area contributed by atoms with E-state index in [1.165, 1.54) is 6.20 Å². The number of nitrogens with zero attached hydrogens (tertiary/aromatic N) is 4. The Labute approximate surface area is 133 Å². The molecule has 0 aliphatic rings. The summed E-state index contributed by atoms with van der Waals surface area (Å²) in [6, 6.07) is 6.98. The molecule has 0 fully saturated rings. The summed E-state index contributed by atoms with van der Waals surface area (Å²) in [5, 5.41) is 3.21. The molecule has 1 N–H and O–H groups in total. The van der Waals surface area contributed by atoms with Crippen molar-refractivity contribution >= 4 is 5.82 Å². The molecule has 0 aliphatic carbocycles. The van der Waals surface area contributed by atoms with Gasteiger partial charge in [0.25, 0.3) is 0 Å². The van der Waals surface area contributed by atoms with Gasteiger partial charge in [-0.1, -0.05) is 0 Å². The molecule has 1 unspecified atom stereocenters. The first kappa shape index (κ1) is 15.0. The summed E-state index contributed by atoms with van der Waals surface area (Å²) in [5.74, 6) is 0.883. The average molecular weight is 309 g/mol. The Kier molecular flexibility index (Phi) is 4.23. The first-order valence-corrected chi connectivity index (χ1v) is 7.25. The van der Waals surface area contributed by atoms with Crippen molar-refractivity contribution in [1.29, 1.82) is 0 Å². The first-order chi connectivity index (χ1) is 11.1. The first-order valence-electron chi connectivity index (χ1n) is 7.25. The molecule has 0 bridgehead atoms. The zero-order chi connectivity index (χ0) is 16.2. The molecule has 3 rings (SSSR count). The molecule has 1 atom stereocenters. The lowest BCUT2D eigenvalue weighted by Gasteiger charge is -2.16. The molecule has 0 saturated carbocycles. The van der Waals surface area contributed by atoms with E-state index in [9.17, 15) is 4.39 Å². The van der Waals surface area contributed by atoms with Crippen LogP contribution in [0.1, 0.15) is 24.2 Å². The van der Waals surface area contributed by atoms with Gasteiger partial charge >= 0.3 is 0 Å². The zero-order valence-corrected chi connectivity index (χ0v) is 12.9. The van der Waals surface area contributed by atoms with Gasteiger partial charge in [0.05, 0.1) is 12.2 Å². The molecule has 0 spiro atoms. The maximum atomic E-state index is 13.8. The Morgan fingerprint density at radius 3 is 2.65 bits per heavy atom. The molecule has 3 aromatic rings. The van der Waals surface area contributed by atoms with Crippen molar-refractivity contribution in [3.63, 3.8) is 0 Å². The van der Waals surface area contributed by atoms with E-state index >= 15 is 0 Å². The fraction of sp³-hybridized carbons (Fsp3) is 0.176. The maximum absolute atomic E-state index is 13.8. The second kappa shape index (κ2) is 6.48. The van der Waals surface area contributed by atoms with Gasteiger partial charge in [-0.25, -0.2) is 14.4 Å². The van der Waals surface area contributed by atoms with Gasteiger partial charge in [-0.15, -0.1) is 0 Å². The Bertz CT molecular complexity index is 807. The van der Waals surface area contributed by atoms with Crippen LogP contribution >= 0.6 is 0 Å². The molecule has 23 heavy (non-hydrogen) atoms. The highest BCUT2D eigenvalue weighted by Gasteiger charge is 2.12. The number of nitrogens with one attached hydrogen (secondary N) is 1. The van der Waals surface area contributed by atoms with Gasteiger partial charge in [-0.3, -0.25) is 9.97 Å². The second-order valence-electron chi connectivity index (χ2n) is 5.22. The number of hydrogen-bond acceptors (Lipinski definition) is 5. The standard InChI is InChI=1S/C17H16FN5/c1-11-8-16(22-12(2)14-5-7-20-10-15(14)18)23-17(21-11)13-4-3-6-19-9-13/h3-10,12H,1-2H3,(H,21,22,23). The van der Waals surface area contributed by atoms with Gasteiger partial charge in [-0.2, -0.15) is 0 Å². The molecular formula is C17H16FN5. The van der Waals surface area contributed by atoms with E-state index in [2.05, 4.69) is 25.3 Å². The van der Waals surface area contributed by atoms with Gasteiger partial charge in [0.1, 0.15) is 11.6 Å². The third-order valence-electron chi connectivity index (χ3n) is 3.41. The van der Waals surface area contributed by atoms with E-state index in [1.54, 1.807) is 24.7 Å². The summed E-state index contributed by atoms with van der Waals surface area (Å²) >= 11 is 0. The van der Waals surface area contributed by atoms with Crippen LogP contribution in [0.15, 0.2) is 49.1 Å². The summed E-state index contributed by atoms with van der Waals surface area (Å²) in [5.41, 5.74) is 2.20. The predicted octanol–water partition coefficient (Wildman–Crippen LogP) is 3.55. The van der Waals surface area contributed by atoms with Crippen LogP contribution in [0.4, 0.5) is 10.2 Å². The van der Waals surface area contributed by atoms with Crippen molar-refractivity contribution < 1.29 is 4.39 Å². The molecule has 0 saturated heterocycles. The van der Waals surface area contributed by atoms with Crippen molar-refractivity contribution in [3.05, 3.63) is 66.1 Å². The Morgan fingerprint density at radius 1 is 1.09 bits per heavy atom. The number of hydrogen-bond donors (Lipinski definition) is 1. The average Bonchev–Trinajstić information content (AvgIpc) is 2.55. The van der Waals surface area contributed by atoms with Gasteiger partial charge in [0.2, 0.25) is 0 Å². The van der Waals surface area contributed by atoms with Crippen LogP contribution in [0.5, 0.6) is 0 Å². The fourth-order valence-electron chi connectivity index (χ4n) is 2.30. The van der Waals surface area contributed by atoms with E-state index < -0.39 is 0 Å². The second-order valence-corrected chi connectivity index (χ2v) is 5.22. The number of pyridine rings is 2. The van der Waals surface area contributed by atoms with Crippen LogP contribution < -0.4 is 5.32 Å². The minimum Gasteiger partial charge on any atom is -0.363 e. The number of aromatic nitrogens is 4. The Balaban J connectivity index is 1.89. The highest BCUT2D eigenvalue weighted by atomic mass is 19.1. The highest BCUT2D eigenvalue weighted by molar-refractivity contribution is 5.56. The maximum Gasteiger partial charge on any atom is 0.163 e.